The molecule has 3 heterocycles. The summed E-state index contributed by atoms with van der Waals surface area (Å²) in [4.78, 5) is 31.9. The average Bonchev–Trinajstić information content (AvgIpc) is 3.32. The predicted molar refractivity (Wildman–Crippen MR) is 145 cm³/mol. The summed E-state index contributed by atoms with van der Waals surface area (Å²) in [6.07, 6.45) is 0.364. The van der Waals surface area contributed by atoms with Crippen LogP contribution in [-0.4, -0.2) is 100.0 Å². The number of aliphatic hydroxyl groups is 1. The number of aromatic hydroxyl groups is 1. The molecule has 11 heteroatoms. The lowest BCUT2D eigenvalue weighted by molar-refractivity contribution is -0.139. The van der Waals surface area contributed by atoms with Crippen LogP contribution in [0.3, 0.4) is 0 Å². The maximum atomic E-state index is 13.1. The molecule has 1 aromatic carbocycles. The van der Waals surface area contributed by atoms with Gasteiger partial charge in [0.15, 0.2) is 5.82 Å². The normalized spacial score (nSPS) is 19.4. The second-order valence-corrected chi connectivity index (χ2v) is 11.2. The van der Waals surface area contributed by atoms with Crippen molar-refractivity contribution >= 4 is 23.3 Å². The Morgan fingerprint density at radius 2 is 1.84 bits per heavy atom. The standard InChI is InChI=1S/C27H39N7O4/c1-27(2,3)24(26(38)34-11-8-18(35)17-34)29-23(37)9-10-32-12-14-33(15-13-32)21-16-20(30-31-25(21)28)19-6-4-5-7-22(19)36/h4-7,16,18,24,35-36H,8-15,17H2,1-3H3,(H2,28,31)(H,29,37)/t18-,24-/m1/s1. The largest absolute Gasteiger partial charge is 0.507 e. The molecule has 5 N–H and O–H groups in total. The molecule has 38 heavy (non-hydrogen) atoms. The van der Waals surface area contributed by atoms with Crippen molar-refractivity contribution in [1.82, 2.24) is 25.3 Å². The molecule has 2 fully saturated rings. The highest BCUT2D eigenvalue weighted by Gasteiger charge is 2.37. The zero-order chi connectivity index (χ0) is 27.4. The van der Waals surface area contributed by atoms with Crippen molar-refractivity contribution in [2.24, 2.45) is 5.41 Å². The second-order valence-electron chi connectivity index (χ2n) is 11.2. The van der Waals surface area contributed by atoms with Crippen LogP contribution in [-0.2, 0) is 9.59 Å². The average molecular weight is 526 g/mol. The van der Waals surface area contributed by atoms with Gasteiger partial charge in [0.1, 0.15) is 11.8 Å². The van der Waals surface area contributed by atoms with Crippen molar-refractivity contribution in [3.63, 3.8) is 0 Å². The van der Waals surface area contributed by atoms with Gasteiger partial charge >= 0.3 is 0 Å². The van der Waals surface area contributed by atoms with Gasteiger partial charge in [0.2, 0.25) is 11.8 Å². The third-order valence-electron chi connectivity index (χ3n) is 7.24. The maximum Gasteiger partial charge on any atom is 0.245 e. The van der Waals surface area contributed by atoms with Gasteiger partial charge in [-0.1, -0.05) is 32.9 Å². The SMILES string of the molecule is CC(C)(C)[C@H](NC(=O)CCN1CCN(c2cc(-c3ccccc3O)nnc2N)CC1)C(=O)N1CC[C@@H](O)C1. The number of nitrogen functional groups attached to an aromatic ring is 1. The van der Waals surface area contributed by atoms with Crippen molar-refractivity contribution in [2.75, 3.05) is 56.4 Å². The van der Waals surface area contributed by atoms with Crippen molar-refractivity contribution in [1.29, 1.82) is 0 Å². The van der Waals surface area contributed by atoms with E-state index in [1.54, 1.807) is 23.1 Å². The molecular weight excluding hydrogens is 486 g/mol. The number of benzene rings is 1. The van der Waals surface area contributed by atoms with Crippen LogP contribution in [0.2, 0.25) is 0 Å². The third kappa shape index (κ3) is 6.51. The molecule has 0 spiro atoms. The summed E-state index contributed by atoms with van der Waals surface area (Å²) in [6, 6.07) is 8.19. The molecule has 0 radical (unpaired) electrons. The van der Waals surface area contributed by atoms with Crippen LogP contribution in [0.5, 0.6) is 5.75 Å². The Balaban J connectivity index is 1.30. The molecule has 0 aliphatic carbocycles. The fourth-order valence-corrected chi connectivity index (χ4v) is 4.94. The number of nitrogens with one attached hydrogen (secondary N) is 1. The number of piperazine rings is 1. The van der Waals surface area contributed by atoms with Crippen molar-refractivity contribution in [3.8, 4) is 17.0 Å². The maximum absolute atomic E-state index is 13.1. The summed E-state index contributed by atoms with van der Waals surface area (Å²) in [6.45, 7) is 10.1. The minimum absolute atomic E-state index is 0.133. The van der Waals surface area contributed by atoms with Crippen molar-refractivity contribution in [2.45, 2.75) is 45.8 Å². The number of hydrogen-bond donors (Lipinski definition) is 4. The predicted octanol–water partition coefficient (Wildman–Crippen LogP) is 1.07. The summed E-state index contributed by atoms with van der Waals surface area (Å²) in [7, 11) is 0. The van der Waals surface area contributed by atoms with Gasteiger partial charge in [0.25, 0.3) is 0 Å². The smallest absolute Gasteiger partial charge is 0.245 e. The highest BCUT2D eigenvalue weighted by molar-refractivity contribution is 5.88. The summed E-state index contributed by atoms with van der Waals surface area (Å²) >= 11 is 0. The Morgan fingerprint density at radius 3 is 2.47 bits per heavy atom. The van der Waals surface area contributed by atoms with Gasteiger partial charge < -0.3 is 31.1 Å². The molecule has 2 aromatic rings. The van der Waals surface area contributed by atoms with Gasteiger partial charge in [-0.05, 0) is 30.0 Å². The number of amides is 2. The zero-order valence-electron chi connectivity index (χ0n) is 22.4. The Hall–Kier alpha value is -3.44. The van der Waals surface area contributed by atoms with Gasteiger partial charge in [-0.25, -0.2) is 0 Å². The number of anilines is 2. The quantitative estimate of drug-likeness (QED) is 0.416. The number of nitrogens with zero attached hydrogens (tertiary/aromatic N) is 5. The summed E-state index contributed by atoms with van der Waals surface area (Å²) in [5.74, 6) is 0.174. The number of rotatable bonds is 7. The Labute approximate surface area is 223 Å². The Kier molecular flexibility index (Phi) is 8.37. The molecule has 2 atom stereocenters. The minimum atomic E-state index is -0.641. The van der Waals surface area contributed by atoms with Crippen LogP contribution < -0.4 is 16.0 Å². The van der Waals surface area contributed by atoms with Crippen LogP contribution >= 0.6 is 0 Å². The van der Waals surface area contributed by atoms with Crippen molar-refractivity contribution < 1.29 is 19.8 Å². The minimum Gasteiger partial charge on any atom is -0.507 e. The number of phenolic OH excluding ortho intramolecular Hbond substituents is 1. The van der Waals surface area contributed by atoms with E-state index in [9.17, 15) is 19.8 Å². The topological polar surface area (TPSA) is 148 Å². The number of hydrogen-bond acceptors (Lipinski definition) is 9. The monoisotopic (exact) mass is 525 g/mol. The molecule has 0 unspecified atom stereocenters. The van der Waals surface area contributed by atoms with E-state index in [2.05, 4.69) is 25.3 Å². The summed E-state index contributed by atoms with van der Waals surface area (Å²) in [5, 5.41) is 31.2. The molecule has 2 aliphatic rings. The van der Waals surface area contributed by atoms with E-state index < -0.39 is 17.6 Å². The van der Waals surface area contributed by atoms with Gasteiger partial charge in [-0.15, -0.1) is 10.2 Å². The van der Waals surface area contributed by atoms with E-state index in [1.165, 1.54) is 0 Å². The Morgan fingerprint density at radius 1 is 1.13 bits per heavy atom. The Bertz CT molecular complexity index is 1140. The van der Waals surface area contributed by atoms with E-state index in [4.69, 9.17) is 5.73 Å². The lowest BCUT2D eigenvalue weighted by atomic mass is 9.85. The van der Waals surface area contributed by atoms with E-state index in [0.29, 0.717) is 62.6 Å². The van der Waals surface area contributed by atoms with Gasteiger partial charge in [-0.2, -0.15) is 0 Å². The first-order valence-corrected chi connectivity index (χ1v) is 13.2. The van der Waals surface area contributed by atoms with Crippen LogP contribution in [0.15, 0.2) is 30.3 Å². The first kappa shape index (κ1) is 27.6. The fourth-order valence-electron chi connectivity index (χ4n) is 4.94. The van der Waals surface area contributed by atoms with E-state index in [-0.39, 0.29) is 17.6 Å². The molecule has 2 amide bonds. The fraction of sp³-hybridized carbons (Fsp3) is 0.556. The van der Waals surface area contributed by atoms with E-state index >= 15 is 0 Å². The number of β-amino-alcohol motifs (C(OH)–C–C–N with tert-alkyl or cyclic N) is 1. The molecule has 2 saturated heterocycles. The summed E-state index contributed by atoms with van der Waals surface area (Å²) < 4.78 is 0. The molecular formula is C27H39N7O4. The van der Waals surface area contributed by atoms with Crippen LogP contribution in [0.25, 0.3) is 11.3 Å². The van der Waals surface area contributed by atoms with Crippen LogP contribution in [0, 0.1) is 5.41 Å². The molecule has 11 nitrogen and oxygen atoms in total. The number of nitrogens with two attached hydrogens (primary N) is 1. The number of carbonyl (C=O) groups is 2. The molecule has 2 aliphatic heterocycles. The van der Waals surface area contributed by atoms with Crippen molar-refractivity contribution in [3.05, 3.63) is 30.3 Å². The third-order valence-corrected chi connectivity index (χ3v) is 7.24. The lowest BCUT2D eigenvalue weighted by Crippen LogP contribution is -2.55. The van der Waals surface area contributed by atoms with Gasteiger partial charge in [0.05, 0.1) is 17.5 Å². The van der Waals surface area contributed by atoms with E-state index in [0.717, 1.165) is 18.8 Å². The van der Waals surface area contributed by atoms with E-state index in [1.807, 2.05) is 32.9 Å². The summed E-state index contributed by atoms with van der Waals surface area (Å²) in [5.41, 5.74) is 7.62. The second kappa shape index (κ2) is 11.5. The zero-order valence-corrected chi connectivity index (χ0v) is 22.4. The molecule has 4 rings (SSSR count). The van der Waals surface area contributed by atoms with Gasteiger partial charge in [-0.3, -0.25) is 14.5 Å². The van der Waals surface area contributed by atoms with Crippen LogP contribution in [0.4, 0.5) is 11.5 Å². The van der Waals surface area contributed by atoms with Gasteiger partial charge in [0, 0.05) is 57.8 Å². The molecule has 0 bridgehead atoms. The number of aromatic nitrogens is 2. The number of carbonyl (C=O) groups excluding carboxylic acids is 2. The van der Waals surface area contributed by atoms with Crippen LogP contribution in [0.1, 0.15) is 33.6 Å². The lowest BCUT2D eigenvalue weighted by Gasteiger charge is -2.36. The number of para-hydroxylation sites is 1. The highest BCUT2D eigenvalue weighted by atomic mass is 16.3. The number of likely N-dealkylation sites (tertiary alicyclic amines) is 1. The molecule has 206 valence electrons. The number of phenols is 1. The highest BCUT2D eigenvalue weighted by Crippen LogP contribution is 2.31. The first-order chi connectivity index (χ1) is 18.0. The molecule has 1 aromatic heterocycles. The number of aliphatic hydroxyl groups excluding tert-OH is 1. The molecule has 0 saturated carbocycles. The first-order valence-electron chi connectivity index (χ1n) is 13.2.